The van der Waals surface area contributed by atoms with Crippen LogP contribution in [0.25, 0.3) is 44.2 Å². The Kier molecular flexibility index (Phi) is 3.10. The smallest absolute Gasteiger partial charge is 0.137 e. The number of rotatable bonds is 2. The molecule has 0 spiro atoms. The van der Waals surface area contributed by atoms with Gasteiger partial charge >= 0.3 is 0 Å². The Morgan fingerprint density at radius 3 is 2.56 bits per heavy atom. The average molecular weight is 321 g/mol. The summed E-state index contributed by atoms with van der Waals surface area (Å²) in [4.78, 5) is 12.3. The Labute approximate surface area is 145 Å². The standard InChI is InChI=1S/C22H15N3/c1-2-5-15(6-3-1)18-12-19-20(14-25-22(19)24-13-18)16-8-9-21-17(11-16)7-4-10-23-21/h1-14H,(H,24,25). The van der Waals surface area contributed by atoms with Gasteiger partial charge in [0.15, 0.2) is 0 Å². The quantitative estimate of drug-likeness (QED) is 0.470. The second-order valence-corrected chi connectivity index (χ2v) is 6.10. The Hall–Kier alpha value is -3.46. The zero-order valence-corrected chi connectivity index (χ0v) is 13.5. The van der Waals surface area contributed by atoms with E-state index in [1.807, 2.05) is 42.9 Å². The van der Waals surface area contributed by atoms with Crippen molar-refractivity contribution in [3.8, 4) is 22.3 Å². The van der Waals surface area contributed by atoms with Crippen LogP contribution < -0.4 is 0 Å². The molecule has 0 atom stereocenters. The Balaban J connectivity index is 1.70. The van der Waals surface area contributed by atoms with Crippen molar-refractivity contribution in [2.24, 2.45) is 0 Å². The number of hydrogen-bond acceptors (Lipinski definition) is 2. The van der Waals surface area contributed by atoms with E-state index in [-0.39, 0.29) is 0 Å². The van der Waals surface area contributed by atoms with Crippen molar-refractivity contribution in [3.05, 3.63) is 85.3 Å². The Bertz CT molecular complexity index is 1190. The van der Waals surface area contributed by atoms with Crippen molar-refractivity contribution in [2.75, 3.05) is 0 Å². The number of nitrogens with one attached hydrogen (secondary N) is 1. The molecular weight excluding hydrogens is 306 g/mol. The number of fused-ring (bicyclic) bond motifs is 2. The normalized spacial score (nSPS) is 11.2. The Morgan fingerprint density at radius 2 is 1.64 bits per heavy atom. The van der Waals surface area contributed by atoms with E-state index < -0.39 is 0 Å². The molecule has 0 aliphatic rings. The van der Waals surface area contributed by atoms with Gasteiger partial charge in [-0.25, -0.2) is 4.98 Å². The first-order valence-corrected chi connectivity index (χ1v) is 8.26. The second kappa shape index (κ2) is 5.56. The molecule has 0 amide bonds. The summed E-state index contributed by atoms with van der Waals surface area (Å²) in [5.74, 6) is 0. The van der Waals surface area contributed by atoms with Gasteiger partial charge in [0.1, 0.15) is 5.65 Å². The number of aromatic amines is 1. The van der Waals surface area contributed by atoms with Crippen LogP contribution in [0.3, 0.4) is 0 Å². The summed E-state index contributed by atoms with van der Waals surface area (Å²) in [6.45, 7) is 0. The van der Waals surface area contributed by atoms with Crippen LogP contribution in [0.15, 0.2) is 85.3 Å². The molecule has 0 radical (unpaired) electrons. The van der Waals surface area contributed by atoms with Crippen LogP contribution in [0, 0.1) is 0 Å². The van der Waals surface area contributed by atoms with Crippen molar-refractivity contribution in [1.29, 1.82) is 0 Å². The molecule has 0 saturated heterocycles. The van der Waals surface area contributed by atoms with Gasteiger partial charge in [-0.1, -0.05) is 42.5 Å². The molecule has 118 valence electrons. The molecule has 3 nitrogen and oxygen atoms in total. The van der Waals surface area contributed by atoms with Crippen LogP contribution in [0.2, 0.25) is 0 Å². The molecule has 0 fully saturated rings. The highest BCUT2D eigenvalue weighted by Crippen LogP contribution is 2.32. The molecule has 0 aliphatic carbocycles. The van der Waals surface area contributed by atoms with Crippen molar-refractivity contribution < 1.29 is 0 Å². The minimum absolute atomic E-state index is 0.904. The summed E-state index contributed by atoms with van der Waals surface area (Å²) in [5, 5.41) is 2.27. The lowest BCUT2D eigenvalue weighted by Crippen LogP contribution is -1.83. The number of aromatic nitrogens is 3. The first-order chi connectivity index (χ1) is 12.4. The largest absolute Gasteiger partial charge is 0.346 e. The van der Waals surface area contributed by atoms with Gasteiger partial charge in [-0.3, -0.25) is 4.98 Å². The van der Waals surface area contributed by atoms with Crippen molar-refractivity contribution in [1.82, 2.24) is 15.0 Å². The third kappa shape index (κ3) is 2.37. The topological polar surface area (TPSA) is 41.6 Å². The van der Waals surface area contributed by atoms with Gasteiger partial charge in [0.25, 0.3) is 0 Å². The van der Waals surface area contributed by atoms with E-state index in [0.717, 1.165) is 33.1 Å². The number of hydrogen-bond donors (Lipinski definition) is 1. The molecule has 25 heavy (non-hydrogen) atoms. The fourth-order valence-electron chi connectivity index (χ4n) is 3.27. The summed E-state index contributed by atoms with van der Waals surface area (Å²) in [7, 11) is 0. The number of pyridine rings is 2. The third-order valence-electron chi connectivity index (χ3n) is 4.55. The molecule has 0 unspecified atom stereocenters. The lowest BCUT2D eigenvalue weighted by Gasteiger charge is -2.04. The molecule has 0 aliphatic heterocycles. The van der Waals surface area contributed by atoms with Crippen molar-refractivity contribution in [2.45, 2.75) is 0 Å². The highest BCUT2D eigenvalue weighted by Gasteiger charge is 2.09. The third-order valence-corrected chi connectivity index (χ3v) is 4.55. The van der Waals surface area contributed by atoms with Gasteiger partial charge in [-0.15, -0.1) is 0 Å². The van der Waals surface area contributed by atoms with E-state index in [0.29, 0.717) is 0 Å². The predicted octanol–water partition coefficient (Wildman–Crippen LogP) is 5.45. The second-order valence-electron chi connectivity index (χ2n) is 6.10. The maximum absolute atomic E-state index is 4.60. The zero-order chi connectivity index (χ0) is 16.6. The fraction of sp³-hybridized carbons (Fsp3) is 0. The first kappa shape index (κ1) is 13.9. The molecule has 5 rings (SSSR count). The van der Waals surface area contributed by atoms with E-state index in [2.05, 4.69) is 57.4 Å². The van der Waals surface area contributed by atoms with Crippen LogP contribution in [-0.4, -0.2) is 15.0 Å². The summed E-state index contributed by atoms with van der Waals surface area (Å²) in [6, 6.07) is 23.0. The summed E-state index contributed by atoms with van der Waals surface area (Å²) >= 11 is 0. The van der Waals surface area contributed by atoms with E-state index >= 15 is 0 Å². The highest BCUT2D eigenvalue weighted by atomic mass is 14.8. The van der Waals surface area contributed by atoms with Gasteiger partial charge in [0, 0.05) is 40.5 Å². The number of nitrogens with zero attached hydrogens (tertiary/aromatic N) is 2. The van der Waals surface area contributed by atoms with Gasteiger partial charge in [-0.2, -0.15) is 0 Å². The first-order valence-electron chi connectivity index (χ1n) is 8.26. The lowest BCUT2D eigenvalue weighted by molar-refractivity contribution is 1.33. The van der Waals surface area contributed by atoms with Crippen LogP contribution >= 0.6 is 0 Å². The van der Waals surface area contributed by atoms with E-state index in [1.54, 1.807) is 0 Å². The van der Waals surface area contributed by atoms with E-state index in [4.69, 9.17) is 0 Å². The minimum Gasteiger partial charge on any atom is -0.346 e. The zero-order valence-electron chi connectivity index (χ0n) is 13.5. The molecule has 3 aromatic heterocycles. The molecule has 2 aromatic carbocycles. The summed E-state index contributed by atoms with van der Waals surface area (Å²) < 4.78 is 0. The molecular formula is C22H15N3. The van der Waals surface area contributed by atoms with Crippen LogP contribution in [0.1, 0.15) is 0 Å². The van der Waals surface area contributed by atoms with Crippen molar-refractivity contribution in [3.63, 3.8) is 0 Å². The lowest BCUT2D eigenvalue weighted by atomic mass is 10.0. The maximum Gasteiger partial charge on any atom is 0.137 e. The predicted molar refractivity (Wildman–Crippen MR) is 102 cm³/mol. The van der Waals surface area contributed by atoms with Crippen molar-refractivity contribution >= 4 is 21.9 Å². The highest BCUT2D eigenvalue weighted by molar-refractivity contribution is 5.97. The van der Waals surface area contributed by atoms with Gasteiger partial charge in [0.05, 0.1) is 5.52 Å². The SMILES string of the molecule is c1ccc(-c2cnc3[nH]cc(-c4ccc5ncccc5c4)c3c2)cc1. The maximum atomic E-state index is 4.60. The monoisotopic (exact) mass is 321 g/mol. The van der Waals surface area contributed by atoms with E-state index in [9.17, 15) is 0 Å². The number of H-pyrrole nitrogens is 1. The molecule has 5 aromatic rings. The van der Waals surface area contributed by atoms with Gasteiger partial charge in [0.2, 0.25) is 0 Å². The molecule has 3 heteroatoms. The minimum atomic E-state index is 0.904. The van der Waals surface area contributed by atoms with Crippen LogP contribution in [0.4, 0.5) is 0 Å². The molecule has 1 N–H and O–H groups in total. The van der Waals surface area contributed by atoms with Gasteiger partial charge in [-0.05, 0) is 35.4 Å². The van der Waals surface area contributed by atoms with Crippen LogP contribution in [0.5, 0.6) is 0 Å². The summed E-state index contributed by atoms with van der Waals surface area (Å²) in [5.41, 5.74) is 6.53. The molecule has 3 heterocycles. The fourth-order valence-corrected chi connectivity index (χ4v) is 3.27. The Morgan fingerprint density at radius 1 is 0.720 bits per heavy atom. The number of benzene rings is 2. The van der Waals surface area contributed by atoms with Crippen LogP contribution in [-0.2, 0) is 0 Å². The summed E-state index contributed by atoms with van der Waals surface area (Å²) in [6.07, 6.45) is 5.77. The van der Waals surface area contributed by atoms with Gasteiger partial charge < -0.3 is 4.98 Å². The molecule has 0 saturated carbocycles. The molecule has 0 bridgehead atoms. The van der Waals surface area contributed by atoms with E-state index in [1.165, 1.54) is 11.1 Å². The average Bonchev–Trinajstić information content (AvgIpc) is 3.11.